The van der Waals surface area contributed by atoms with E-state index in [0.717, 1.165) is 36.8 Å². The SMILES string of the molecule is O=C(NC1CCCC1)[C@@H](Cc1ccccc1)N(Cc1c(Cl)cccc1Cl)C(=O)CCc1ccccc1Cl. The van der Waals surface area contributed by atoms with Gasteiger partial charge in [0.05, 0.1) is 0 Å². The van der Waals surface area contributed by atoms with E-state index < -0.39 is 6.04 Å². The Morgan fingerprint density at radius 2 is 1.46 bits per heavy atom. The normalized spacial score (nSPS) is 14.4. The monoisotopic (exact) mass is 556 g/mol. The number of halogens is 3. The number of amides is 2. The summed E-state index contributed by atoms with van der Waals surface area (Å²) in [4.78, 5) is 29.2. The molecule has 1 N–H and O–H groups in total. The van der Waals surface area contributed by atoms with Crippen LogP contribution in [0.4, 0.5) is 0 Å². The average molecular weight is 558 g/mol. The van der Waals surface area contributed by atoms with Crippen molar-refractivity contribution in [3.8, 4) is 0 Å². The molecule has 1 aliphatic carbocycles. The van der Waals surface area contributed by atoms with Crippen molar-refractivity contribution in [1.29, 1.82) is 0 Å². The zero-order valence-corrected chi connectivity index (χ0v) is 22.9. The molecule has 3 aromatic carbocycles. The summed E-state index contributed by atoms with van der Waals surface area (Å²) in [6.07, 6.45) is 5.18. The predicted molar refractivity (Wildman–Crippen MR) is 151 cm³/mol. The van der Waals surface area contributed by atoms with E-state index in [2.05, 4.69) is 5.32 Å². The molecule has 37 heavy (non-hydrogen) atoms. The molecule has 1 aliphatic rings. The van der Waals surface area contributed by atoms with Gasteiger partial charge in [-0.2, -0.15) is 0 Å². The standard InChI is InChI=1S/C30H31Cl3N2O2/c31-25-14-7-4-11-22(25)17-18-29(36)35(20-24-26(32)15-8-16-27(24)33)28(19-21-9-2-1-3-10-21)30(37)34-23-12-5-6-13-23/h1-4,7-11,14-16,23,28H,5-6,12-13,17-20H2,(H,34,37)/t28-/m1/s1. The Hall–Kier alpha value is -2.53. The average Bonchev–Trinajstić information content (AvgIpc) is 3.40. The van der Waals surface area contributed by atoms with Crippen molar-refractivity contribution in [3.05, 3.63) is 105 Å². The Labute approximate surface area is 233 Å². The molecule has 4 rings (SSSR count). The van der Waals surface area contributed by atoms with Crippen LogP contribution in [-0.4, -0.2) is 28.8 Å². The summed E-state index contributed by atoms with van der Waals surface area (Å²) in [7, 11) is 0. The predicted octanol–water partition coefficient (Wildman–Crippen LogP) is 7.28. The molecule has 0 aromatic heterocycles. The molecule has 2 amide bonds. The van der Waals surface area contributed by atoms with Gasteiger partial charge < -0.3 is 10.2 Å². The van der Waals surface area contributed by atoms with Gasteiger partial charge in [-0.1, -0.05) is 102 Å². The minimum atomic E-state index is -0.714. The van der Waals surface area contributed by atoms with Gasteiger partial charge in [0.2, 0.25) is 11.8 Å². The molecule has 194 valence electrons. The maximum atomic E-state index is 13.8. The first-order valence-electron chi connectivity index (χ1n) is 12.7. The third kappa shape index (κ3) is 7.50. The number of hydrogen-bond donors (Lipinski definition) is 1. The van der Waals surface area contributed by atoms with Crippen LogP contribution in [0.3, 0.4) is 0 Å². The fourth-order valence-corrected chi connectivity index (χ4v) is 5.61. The van der Waals surface area contributed by atoms with E-state index in [1.807, 2.05) is 54.6 Å². The van der Waals surface area contributed by atoms with Crippen LogP contribution in [0.15, 0.2) is 72.8 Å². The minimum absolute atomic E-state index is 0.134. The lowest BCUT2D eigenvalue weighted by Gasteiger charge is -2.33. The molecule has 3 aromatic rings. The van der Waals surface area contributed by atoms with Crippen molar-refractivity contribution < 1.29 is 9.59 Å². The Bertz CT molecular complexity index is 1190. The third-order valence-corrected chi connectivity index (χ3v) is 8.01. The number of nitrogens with one attached hydrogen (secondary N) is 1. The van der Waals surface area contributed by atoms with Gasteiger partial charge >= 0.3 is 0 Å². The quantitative estimate of drug-likeness (QED) is 0.285. The number of nitrogens with zero attached hydrogens (tertiary/aromatic N) is 1. The van der Waals surface area contributed by atoms with E-state index in [-0.39, 0.29) is 30.8 Å². The second kappa shape index (κ2) is 13.3. The van der Waals surface area contributed by atoms with Crippen molar-refractivity contribution in [2.45, 2.75) is 63.6 Å². The van der Waals surface area contributed by atoms with Gasteiger partial charge in [0.15, 0.2) is 0 Å². The van der Waals surface area contributed by atoms with Crippen molar-refractivity contribution in [3.63, 3.8) is 0 Å². The molecule has 7 heteroatoms. The van der Waals surface area contributed by atoms with E-state index in [0.29, 0.717) is 33.5 Å². The smallest absolute Gasteiger partial charge is 0.243 e. The zero-order chi connectivity index (χ0) is 26.2. The summed E-state index contributed by atoms with van der Waals surface area (Å²) in [6.45, 7) is 0.134. The molecular formula is C30H31Cl3N2O2. The topological polar surface area (TPSA) is 49.4 Å². The van der Waals surface area contributed by atoms with Crippen LogP contribution in [0.2, 0.25) is 15.1 Å². The largest absolute Gasteiger partial charge is 0.352 e. The molecular weight excluding hydrogens is 527 g/mol. The first-order valence-corrected chi connectivity index (χ1v) is 13.9. The van der Waals surface area contributed by atoms with Gasteiger partial charge in [0.1, 0.15) is 6.04 Å². The summed E-state index contributed by atoms with van der Waals surface area (Å²) in [5, 5.41) is 4.76. The van der Waals surface area contributed by atoms with Crippen LogP contribution in [0, 0.1) is 0 Å². The van der Waals surface area contributed by atoms with Crippen LogP contribution in [0.5, 0.6) is 0 Å². The van der Waals surface area contributed by atoms with Crippen molar-refractivity contribution in [2.24, 2.45) is 0 Å². The highest BCUT2D eigenvalue weighted by molar-refractivity contribution is 6.36. The summed E-state index contributed by atoms with van der Waals surface area (Å²) >= 11 is 19.4. The van der Waals surface area contributed by atoms with E-state index in [4.69, 9.17) is 34.8 Å². The van der Waals surface area contributed by atoms with E-state index in [1.54, 1.807) is 23.1 Å². The number of carbonyl (C=O) groups is 2. The zero-order valence-electron chi connectivity index (χ0n) is 20.6. The molecule has 0 aliphatic heterocycles. The summed E-state index contributed by atoms with van der Waals surface area (Å²) in [5.74, 6) is -0.302. The van der Waals surface area contributed by atoms with E-state index in [9.17, 15) is 9.59 Å². The van der Waals surface area contributed by atoms with Gasteiger partial charge in [-0.25, -0.2) is 0 Å². The van der Waals surface area contributed by atoms with Crippen molar-refractivity contribution >= 4 is 46.6 Å². The van der Waals surface area contributed by atoms with Crippen molar-refractivity contribution in [1.82, 2.24) is 10.2 Å². The fourth-order valence-electron chi connectivity index (χ4n) is 4.86. The van der Waals surface area contributed by atoms with Crippen molar-refractivity contribution in [2.75, 3.05) is 0 Å². The molecule has 0 bridgehead atoms. The first-order chi connectivity index (χ1) is 17.9. The molecule has 1 atom stereocenters. The molecule has 1 saturated carbocycles. The Kier molecular flexibility index (Phi) is 9.90. The van der Waals surface area contributed by atoms with Gasteiger partial charge in [0.25, 0.3) is 0 Å². The molecule has 1 fully saturated rings. The first kappa shape index (κ1) is 27.5. The van der Waals surface area contributed by atoms with E-state index >= 15 is 0 Å². The lowest BCUT2D eigenvalue weighted by molar-refractivity contribution is -0.141. The minimum Gasteiger partial charge on any atom is -0.352 e. The molecule has 0 heterocycles. The molecule has 4 nitrogen and oxygen atoms in total. The van der Waals surface area contributed by atoms with Crippen LogP contribution < -0.4 is 5.32 Å². The van der Waals surface area contributed by atoms with Crippen LogP contribution in [-0.2, 0) is 29.0 Å². The second-order valence-corrected chi connectivity index (χ2v) is 10.7. The highest BCUT2D eigenvalue weighted by Crippen LogP contribution is 2.28. The number of rotatable bonds is 10. The number of aryl methyl sites for hydroxylation is 1. The maximum absolute atomic E-state index is 13.8. The maximum Gasteiger partial charge on any atom is 0.243 e. The Morgan fingerprint density at radius 1 is 0.838 bits per heavy atom. The Balaban J connectivity index is 1.66. The summed E-state index contributed by atoms with van der Waals surface area (Å²) in [6, 6.07) is 22.0. The Morgan fingerprint density at radius 3 is 2.14 bits per heavy atom. The molecule has 0 radical (unpaired) electrons. The summed E-state index contributed by atoms with van der Waals surface area (Å²) in [5.41, 5.74) is 2.50. The van der Waals surface area contributed by atoms with Crippen LogP contribution >= 0.6 is 34.8 Å². The van der Waals surface area contributed by atoms with Gasteiger partial charge in [-0.05, 0) is 48.6 Å². The van der Waals surface area contributed by atoms with Crippen LogP contribution in [0.25, 0.3) is 0 Å². The highest BCUT2D eigenvalue weighted by Gasteiger charge is 2.32. The van der Waals surface area contributed by atoms with Gasteiger partial charge in [-0.15, -0.1) is 0 Å². The van der Waals surface area contributed by atoms with Gasteiger partial charge in [-0.3, -0.25) is 9.59 Å². The molecule has 0 unspecified atom stereocenters. The number of benzene rings is 3. The second-order valence-electron chi connectivity index (χ2n) is 9.51. The third-order valence-electron chi connectivity index (χ3n) is 6.93. The lowest BCUT2D eigenvalue weighted by Crippen LogP contribution is -2.52. The summed E-state index contributed by atoms with van der Waals surface area (Å²) < 4.78 is 0. The van der Waals surface area contributed by atoms with Gasteiger partial charge in [0, 0.05) is 46.1 Å². The van der Waals surface area contributed by atoms with Crippen LogP contribution in [0.1, 0.15) is 48.8 Å². The highest BCUT2D eigenvalue weighted by atomic mass is 35.5. The van der Waals surface area contributed by atoms with E-state index in [1.165, 1.54) is 0 Å². The molecule has 0 saturated heterocycles. The lowest BCUT2D eigenvalue weighted by atomic mass is 10.0. The molecule has 0 spiro atoms. The number of hydrogen-bond acceptors (Lipinski definition) is 2. The fraction of sp³-hybridized carbons (Fsp3) is 0.333. The number of carbonyl (C=O) groups excluding carboxylic acids is 2.